The highest BCUT2D eigenvalue weighted by molar-refractivity contribution is 5.95. The smallest absolute Gasteiger partial charge is 0.251 e. The Hall–Kier alpha value is -4.22. The molecule has 3 heterocycles. The monoisotopic (exact) mass is 515 g/mol. The topological polar surface area (TPSA) is 134 Å². The molecule has 0 spiro atoms. The van der Waals surface area contributed by atoms with E-state index in [9.17, 15) is 9.90 Å². The van der Waals surface area contributed by atoms with Crippen LogP contribution < -0.4 is 10.6 Å². The van der Waals surface area contributed by atoms with Gasteiger partial charge in [-0.3, -0.25) is 9.78 Å². The number of nitrogens with one attached hydrogen (secondary N) is 2. The van der Waals surface area contributed by atoms with Gasteiger partial charge in [-0.25, -0.2) is 9.97 Å². The molecule has 0 aliphatic carbocycles. The van der Waals surface area contributed by atoms with Crippen molar-refractivity contribution in [2.75, 3.05) is 32.1 Å². The van der Waals surface area contributed by atoms with Crippen molar-refractivity contribution in [2.45, 2.75) is 33.0 Å². The Morgan fingerprint density at radius 2 is 1.92 bits per heavy atom. The molecule has 0 unspecified atom stereocenters. The number of carbonyl (C=O) groups excluding carboxylic acids is 1. The van der Waals surface area contributed by atoms with Gasteiger partial charge in [0.05, 0.1) is 13.2 Å². The van der Waals surface area contributed by atoms with E-state index in [0.29, 0.717) is 49.8 Å². The van der Waals surface area contributed by atoms with Crippen LogP contribution in [-0.2, 0) is 26.1 Å². The number of hydrogen-bond acceptors (Lipinski definition) is 9. The number of hydrogen-bond donors (Lipinski definition) is 3. The van der Waals surface area contributed by atoms with E-state index in [2.05, 4.69) is 42.7 Å². The standard InChI is InChI=1S/C27H33N9O2/c1-3-20-16-28-9-7-22(20)17-31-27(38)21-5-4-6-23(15-21)30-18-25-33-34-26(24-8-10-29-19-32-24)36(25)12-11-35(2)13-14-37/h4-10,15-16,19,30,37H,3,11-14,17-18H2,1-2H3,(H,31,38). The van der Waals surface area contributed by atoms with Crippen LogP contribution in [0.3, 0.4) is 0 Å². The Morgan fingerprint density at radius 1 is 1.05 bits per heavy atom. The van der Waals surface area contributed by atoms with Gasteiger partial charge in [0, 0.05) is 56.0 Å². The molecule has 1 amide bonds. The average molecular weight is 516 g/mol. The van der Waals surface area contributed by atoms with Crippen molar-refractivity contribution >= 4 is 11.6 Å². The third kappa shape index (κ3) is 6.96. The number of rotatable bonds is 13. The van der Waals surface area contributed by atoms with E-state index in [4.69, 9.17) is 0 Å². The van der Waals surface area contributed by atoms with Crippen LogP contribution >= 0.6 is 0 Å². The van der Waals surface area contributed by atoms with E-state index in [-0.39, 0.29) is 12.5 Å². The van der Waals surface area contributed by atoms with Gasteiger partial charge in [0.25, 0.3) is 5.91 Å². The molecule has 0 radical (unpaired) electrons. The second kappa shape index (κ2) is 13.4. The molecule has 0 aliphatic heterocycles. The van der Waals surface area contributed by atoms with E-state index in [1.807, 2.05) is 47.0 Å². The molecule has 0 atom stereocenters. The summed E-state index contributed by atoms with van der Waals surface area (Å²) in [6, 6.07) is 11.1. The van der Waals surface area contributed by atoms with E-state index >= 15 is 0 Å². The summed E-state index contributed by atoms with van der Waals surface area (Å²) >= 11 is 0. The fourth-order valence-corrected chi connectivity index (χ4v) is 4.04. The van der Waals surface area contributed by atoms with Gasteiger partial charge in [0.15, 0.2) is 11.6 Å². The maximum Gasteiger partial charge on any atom is 0.251 e. The van der Waals surface area contributed by atoms with Crippen molar-refractivity contribution in [3.05, 3.63) is 83.8 Å². The number of benzene rings is 1. The first-order valence-corrected chi connectivity index (χ1v) is 12.6. The van der Waals surface area contributed by atoms with Gasteiger partial charge in [0.1, 0.15) is 12.0 Å². The zero-order valence-corrected chi connectivity index (χ0v) is 21.7. The lowest BCUT2D eigenvalue weighted by Crippen LogP contribution is -2.27. The SMILES string of the molecule is CCc1cnccc1CNC(=O)c1cccc(NCc2nnc(-c3ccncn3)n2CCN(C)CCO)c1. The number of carbonyl (C=O) groups is 1. The number of aliphatic hydroxyl groups excluding tert-OH is 1. The Bertz CT molecular complexity index is 1330. The van der Waals surface area contributed by atoms with Crippen LogP contribution in [0.2, 0.25) is 0 Å². The van der Waals surface area contributed by atoms with Crippen molar-refractivity contribution in [2.24, 2.45) is 0 Å². The first-order chi connectivity index (χ1) is 18.6. The summed E-state index contributed by atoms with van der Waals surface area (Å²) in [6.07, 6.45) is 7.60. The van der Waals surface area contributed by atoms with Crippen LogP contribution in [0.1, 0.15) is 34.2 Å². The fourth-order valence-electron chi connectivity index (χ4n) is 4.04. The first kappa shape index (κ1) is 26.8. The van der Waals surface area contributed by atoms with Crippen LogP contribution in [0.25, 0.3) is 11.5 Å². The quantitative estimate of drug-likeness (QED) is 0.245. The van der Waals surface area contributed by atoms with E-state index in [1.54, 1.807) is 24.5 Å². The van der Waals surface area contributed by atoms with E-state index in [0.717, 1.165) is 29.1 Å². The van der Waals surface area contributed by atoms with Gasteiger partial charge in [-0.2, -0.15) is 0 Å². The van der Waals surface area contributed by atoms with Crippen LogP contribution in [0, 0.1) is 0 Å². The van der Waals surface area contributed by atoms with Crippen LogP contribution in [0.15, 0.2) is 61.3 Å². The largest absolute Gasteiger partial charge is 0.395 e. The molecule has 4 aromatic rings. The molecule has 11 nitrogen and oxygen atoms in total. The maximum atomic E-state index is 12.8. The number of aromatic nitrogens is 6. The highest BCUT2D eigenvalue weighted by Gasteiger charge is 2.16. The number of likely N-dealkylation sites (N-methyl/N-ethyl adjacent to an activating group) is 1. The van der Waals surface area contributed by atoms with Crippen molar-refractivity contribution < 1.29 is 9.90 Å². The summed E-state index contributed by atoms with van der Waals surface area (Å²) in [4.78, 5) is 27.4. The molecule has 0 saturated heterocycles. The Balaban J connectivity index is 1.44. The summed E-state index contributed by atoms with van der Waals surface area (Å²) in [5, 5.41) is 24.4. The molecular weight excluding hydrogens is 482 g/mol. The molecule has 0 fully saturated rings. The summed E-state index contributed by atoms with van der Waals surface area (Å²) in [5.74, 6) is 1.24. The molecule has 0 saturated carbocycles. The third-order valence-electron chi connectivity index (χ3n) is 6.23. The summed E-state index contributed by atoms with van der Waals surface area (Å²) in [7, 11) is 1.96. The fraction of sp³-hybridized carbons (Fsp3) is 0.333. The molecular formula is C27H33N9O2. The van der Waals surface area contributed by atoms with E-state index in [1.165, 1.54) is 6.33 Å². The molecule has 4 rings (SSSR count). The third-order valence-corrected chi connectivity index (χ3v) is 6.23. The Labute approximate surface area is 222 Å². The highest BCUT2D eigenvalue weighted by atomic mass is 16.3. The van der Waals surface area contributed by atoms with Crippen molar-refractivity contribution in [1.82, 2.24) is 39.9 Å². The number of anilines is 1. The minimum absolute atomic E-state index is 0.0953. The van der Waals surface area contributed by atoms with Gasteiger partial charge in [-0.1, -0.05) is 13.0 Å². The second-order valence-corrected chi connectivity index (χ2v) is 8.83. The Morgan fingerprint density at radius 3 is 2.71 bits per heavy atom. The maximum absolute atomic E-state index is 12.8. The zero-order valence-electron chi connectivity index (χ0n) is 21.7. The lowest BCUT2D eigenvalue weighted by Gasteiger charge is -2.17. The lowest BCUT2D eigenvalue weighted by molar-refractivity contribution is 0.0951. The second-order valence-electron chi connectivity index (χ2n) is 8.83. The lowest BCUT2D eigenvalue weighted by atomic mass is 10.1. The summed E-state index contributed by atoms with van der Waals surface area (Å²) in [5.41, 5.74) is 4.23. The molecule has 3 N–H and O–H groups in total. The normalized spacial score (nSPS) is 11.1. The number of nitrogens with zero attached hydrogens (tertiary/aromatic N) is 7. The van der Waals surface area contributed by atoms with Crippen molar-refractivity contribution in [3.8, 4) is 11.5 Å². The predicted octanol–water partition coefficient (Wildman–Crippen LogP) is 2.16. The average Bonchev–Trinajstić information content (AvgIpc) is 3.37. The van der Waals surface area contributed by atoms with Crippen LogP contribution in [-0.4, -0.2) is 72.4 Å². The molecule has 1 aromatic carbocycles. The molecule has 38 heavy (non-hydrogen) atoms. The van der Waals surface area contributed by atoms with Gasteiger partial charge < -0.3 is 25.2 Å². The van der Waals surface area contributed by atoms with Crippen LogP contribution in [0.4, 0.5) is 5.69 Å². The van der Waals surface area contributed by atoms with Crippen molar-refractivity contribution in [3.63, 3.8) is 0 Å². The van der Waals surface area contributed by atoms with Gasteiger partial charge >= 0.3 is 0 Å². The number of aliphatic hydroxyl groups is 1. The molecule has 0 bridgehead atoms. The molecule has 198 valence electrons. The van der Waals surface area contributed by atoms with Gasteiger partial charge in [0.2, 0.25) is 0 Å². The molecule has 3 aromatic heterocycles. The number of aryl methyl sites for hydroxylation is 1. The van der Waals surface area contributed by atoms with E-state index < -0.39 is 0 Å². The summed E-state index contributed by atoms with van der Waals surface area (Å²) in [6.45, 7) is 4.92. The highest BCUT2D eigenvalue weighted by Crippen LogP contribution is 2.18. The number of pyridine rings is 1. The number of amides is 1. The van der Waals surface area contributed by atoms with Gasteiger partial charge in [-0.05, 0) is 54.9 Å². The zero-order chi connectivity index (χ0) is 26.7. The molecule has 11 heteroatoms. The summed E-state index contributed by atoms with van der Waals surface area (Å²) < 4.78 is 2.01. The predicted molar refractivity (Wildman–Crippen MR) is 144 cm³/mol. The minimum atomic E-state index is -0.145. The van der Waals surface area contributed by atoms with Crippen LogP contribution in [0.5, 0.6) is 0 Å². The minimum Gasteiger partial charge on any atom is -0.395 e. The Kier molecular flexibility index (Phi) is 9.43. The first-order valence-electron chi connectivity index (χ1n) is 12.6. The van der Waals surface area contributed by atoms with Gasteiger partial charge in [-0.15, -0.1) is 10.2 Å². The van der Waals surface area contributed by atoms with Crippen molar-refractivity contribution in [1.29, 1.82) is 0 Å². The molecule has 0 aliphatic rings.